The summed E-state index contributed by atoms with van der Waals surface area (Å²) < 4.78 is 1.59. The van der Waals surface area contributed by atoms with Crippen LogP contribution in [-0.2, 0) is 4.79 Å². The molecule has 1 heterocycles. The molecule has 21 heavy (non-hydrogen) atoms. The Balaban J connectivity index is 1.96. The Bertz CT molecular complexity index is 594. The smallest absolute Gasteiger partial charge is 0.224 e. The van der Waals surface area contributed by atoms with E-state index in [1.807, 2.05) is 32.0 Å². The summed E-state index contributed by atoms with van der Waals surface area (Å²) in [7, 11) is 0. The van der Waals surface area contributed by atoms with Crippen molar-refractivity contribution in [2.75, 3.05) is 5.32 Å². The predicted octanol–water partition coefficient (Wildman–Crippen LogP) is 1.43. The Morgan fingerprint density at radius 2 is 2.29 bits per heavy atom. The molecule has 0 aliphatic heterocycles. The van der Waals surface area contributed by atoms with Crippen LogP contribution in [0.1, 0.15) is 31.7 Å². The summed E-state index contributed by atoms with van der Waals surface area (Å²) in [6.45, 7) is 3.89. The van der Waals surface area contributed by atoms with Gasteiger partial charge in [-0.25, -0.2) is 4.68 Å². The molecule has 1 aromatic carbocycles. The van der Waals surface area contributed by atoms with Crippen LogP contribution < -0.4 is 11.1 Å². The lowest BCUT2D eigenvalue weighted by Crippen LogP contribution is -2.17. The van der Waals surface area contributed by atoms with Gasteiger partial charge in [-0.1, -0.05) is 0 Å². The number of hydrogen-bond donors (Lipinski definition) is 2. The summed E-state index contributed by atoms with van der Waals surface area (Å²) in [5.41, 5.74) is 8.30. The van der Waals surface area contributed by atoms with Crippen molar-refractivity contribution in [1.29, 1.82) is 0 Å². The van der Waals surface area contributed by atoms with Crippen molar-refractivity contribution >= 4 is 11.6 Å². The van der Waals surface area contributed by atoms with Crippen molar-refractivity contribution in [3.8, 4) is 5.69 Å². The van der Waals surface area contributed by atoms with Gasteiger partial charge in [0.05, 0.1) is 5.69 Å². The van der Waals surface area contributed by atoms with Gasteiger partial charge < -0.3 is 11.1 Å². The highest BCUT2D eigenvalue weighted by Gasteiger charge is 2.07. The molecule has 0 saturated carbocycles. The van der Waals surface area contributed by atoms with E-state index in [1.165, 1.54) is 6.33 Å². The van der Waals surface area contributed by atoms with Gasteiger partial charge in [0.1, 0.15) is 6.33 Å². The molecule has 1 atom stereocenters. The van der Waals surface area contributed by atoms with Gasteiger partial charge in [0.15, 0.2) is 0 Å². The van der Waals surface area contributed by atoms with E-state index in [0.717, 1.165) is 29.8 Å². The molecule has 2 rings (SSSR count). The van der Waals surface area contributed by atoms with Gasteiger partial charge in [0.25, 0.3) is 0 Å². The zero-order chi connectivity index (χ0) is 15.2. The van der Waals surface area contributed by atoms with Gasteiger partial charge in [-0.2, -0.15) is 0 Å². The van der Waals surface area contributed by atoms with Crippen LogP contribution in [0.5, 0.6) is 0 Å². The van der Waals surface area contributed by atoms with Gasteiger partial charge in [0.2, 0.25) is 5.91 Å². The second kappa shape index (κ2) is 6.94. The number of benzene rings is 1. The van der Waals surface area contributed by atoms with Gasteiger partial charge in [-0.3, -0.25) is 4.79 Å². The molecule has 112 valence electrons. The first-order valence-electron chi connectivity index (χ1n) is 6.95. The highest BCUT2D eigenvalue weighted by Crippen LogP contribution is 2.18. The van der Waals surface area contributed by atoms with Crippen LogP contribution in [0.25, 0.3) is 5.69 Å². The first-order valence-corrected chi connectivity index (χ1v) is 6.95. The average molecular weight is 288 g/mol. The van der Waals surface area contributed by atoms with Crippen molar-refractivity contribution in [2.24, 2.45) is 5.73 Å². The molecule has 2 aromatic rings. The number of carbonyl (C=O) groups excluding carboxylic acids is 1. The molecule has 0 bridgehead atoms. The summed E-state index contributed by atoms with van der Waals surface area (Å²) in [6.07, 6.45) is 3.67. The van der Waals surface area contributed by atoms with Crippen LogP contribution in [0, 0.1) is 6.92 Å². The van der Waals surface area contributed by atoms with Crippen molar-refractivity contribution in [1.82, 2.24) is 20.2 Å². The van der Waals surface area contributed by atoms with Gasteiger partial charge in [0, 0.05) is 18.2 Å². The third-order valence-corrected chi connectivity index (χ3v) is 3.14. The fourth-order valence-electron chi connectivity index (χ4n) is 2.07. The molecule has 1 amide bonds. The number of aromatic nitrogens is 4. The highest BCUT2D eigenvalue weighted by atomic mass is 16.1. The lowest BCUT2D eigenvalue weighted by Gasteiger charge is -2.09. The SMILES string of the molecule is Cc1cc(NC(=O)CCCC(C)N)ccc1-n1cnnn1. The molecule has 0 aliphatic rings. The van der Waals surface area contributed by atoms with E-state index in [-0.39, 0.29) is 11.9 Å². The van der Waals surface area contributed by atoms with Crippen LogP contribution in [-0.4, -0.2) is 32.2 Å². The zero-order valence-corrected chi connectivity index (χ0v) is 12.3. The van der Waals surface area contributed by atoms with E-state index >= 15 is 0 Å². The summed E-state index contributed by atoms with van der Waals surface area (Å²) in [5, 5.41) is 14.0. The largest absolute Gasteiger partial charge is 0.328 e. The molecule has 7 heteroatoms. The van der Waals surface area contributed by atoms with Gasteiger partial charge in [-0.15, -0.1) is 5.10 Å². The third-order valence-electron chi connectivity index (χ3n) is 3.14. The maximum Gasteiger partial charge on any atom is 0.224 e. The van der Waals surface area contributed by atoms with E-state index in [2.05, 4.69) is 20.8 Å². The van der Waals surface area contributed by atoms with E-state index < -0.39 is 0 Å². The normalized spacial score (nSPS) is 12.1. The Hall–Kier alpha value is -2.28. The van der Waals surface area contributed by atoms with Crippen LogP contribution in [0.3, 0.4) is 0 Å². The van der Waals surface area contributed by atoms with Crippen LogP contribution in [0.4, 0.5) is 5.69 Å². The third kappa shape index (κ3) is 4.35. The molecule has 1 aromatic heterocycles. The molecule has 7 nitrogen and oxygen atoms in total. The molecule has 3 N–H and O–H groups in total. The van der Waals surface area contributed by atoms with E-state index in [1.54, 1.807) is 4.68 Å². The topological polar surface area (TPSA) is 98.7 Å². The molecular weight excluding hydrogens is 268 g/mol. The fourth-order valence-corrected chi connectivity index (χ4v) is 2.07. The van der Waals surface area contributed by atoms with Crippen molar-refractivity contribution in [2.45, 2.75) is 39.2 Å². The Morgan fingerprint density at radius 3 is 2.90 bits per heavy atom. The van der Waals surface area contributed by atoms with Crippen LogP contribution in [0.2, 0.25) is 0 Å². The first-order chi connectivity index (χ1) is 10.1. The van der Waals surface area contributed by atoms with E-state index in [0.29, 0.717) is 6.42 Å². The molecule has 0 fully saturated rings. The van der Waals surface area contributed by atoms with E-state index in [4.69, 9.17) is 5.73 Å². The van der Waals surface area contributed by atoms with Crippen molar-refractivity contribution in [3.63, 3.8) is 0 Å². The fraction of sp³-hybridized carbons (Fsp3) is 0.429. The standard InChI is InChI=1S/C14H20N6O/c1-10-8-12(17-14(21)5-3-4-11(2)15)6-7-13(10)20-9-16-18-19-20/h6-9,11H,3-5,15H2,1-2H3,(H,17,21). The number of tetrazole rings is 1. The van der Waals surface area contributed by atoms with Crippen LogP contribution in [0.15, 0.2) is 24.5 Å². The summed E-state index contributed by atoms with van der Waals surface area (Å²) in [6, 6.07) is 5.76. The summed E-state index contributed by atoms with van der Waals surface area (Å²) in [5.74, 6) is 0.00484. The Kier molecular flexibility index (Phi) is 4.99. The number of nitrogens with zero attached hydrogens (tertiary/aromatic N) is 4. The van der Waals surface area contributed by atoms with Crippen molar-refractivity contribution < 1.29 is 4.79 Å². The number of amides is 1. The molecule has 0 aliphatic carbocycles. The minimum Gasteiger partial charge on any atom is -0.328 e. The maximum absolute atomic E-state index is 11.8. The second-order valence-electron chi connectivity index (χ2n) is 5.17. The number of aryl methyl sites for hydroxylation is 1. The molecule has 0 radical (unpaired) electrons. The van der Waals surface area contributed by atoms with Gasteiger partial charge >= 0.3 is 0 Å². The van der Waals surface area contributed by atoms with Gasteiger partial charge in [-0.05, 0) is 60.9 Å². The maximum atomic E-state index is 11.8. The second-order valence-corrected chi connectivity index (χ2v) is 5.17. The molecule has 1 unspecified atom stereocenters. The predicted molar refractivity (Wildman–Crippen MR) is 80.0 cm³/mol. The van der Waals surface area contributed by atoms with Crippen molar-refractivity contribution in [3.05, 3.63) is 30.1 Å². The zero-order valence-electron chi connectivity index (χ0n) is 12.3. The lowest BCUT2D eigenvalue weighted by molar-refractivity contribution is -0.116. The Labute approximate surface area is 123 Å². The first kappa shape index (κ1) is 15.1. The molecule has 0 spiro atoms. The molecule has 0 saturated heterocycles. The minimum absolute atomic E-state index is 0.00484. The number of carbonyl (C=O) groups is 1. The lowest BCUT2D eigenvalue weighted by atomic mass is 10.1. The summed E-state index contributed by atoms with van der Waals surface area (Å²) >= 11 is 0. The number of nitrogens with one attached hydrogen (secondary N) is 1. The highest BCUT2D eigenvalue weighted by molar-refractivity contribution is 5.90. The average Bonchev–Trinajstić information content (AvgIpc) is 2.92. The molecular formula is C14H20N6O. The Morgan fingerprint density at radius 1 is 1.48 bits per heavy atom. The number of nitrogens with two attached hydrogens (primary N) is 1. The summed E-state index contributed by atoms with van der Waals surface area (Å²) in [4.78, 5) is 11.8. The monoisotopic (exact) mass is 288 g/mol. The number of hydrogen-bond acceptors (Lipinski definition) is 5. The van der Waals surface area contributed by atoms with Crippen LogP contribution >= 0.6 is 0 Å². The number of rotatable bonds is 6. The minimum atomic E-state index is 0.00484. The van der Waals surface area contributed by atoms with E-state index in [9.17, 15) is 4.79 Å². The quantitative estimate of drug-likeness (QED) is 0.837. The number of anilines is 1.